The van der Waals surface area contributed by atoms with E-state index in [-0.39, 0.29) is 0 Å². The molecule has 0 bridgehead atoms. The van der Waals surface area contributed by atoms with Crippen LogP contribution in [0.5, 0.6) is 11.5 Å². The third-order valence-electron chi connectivity index (χ3n) is 5.07. The lowest BCUT2D eigenvalue weighted by Crippen LogP contribution is -2.32. The number of aromatic carboxylic acids is 1. The molecule has 0 aliphatic carbocycles. The monoisotopic (exact) mass is 355 g/mol. The van der Waals surface area contributed by atoms with Crippen molar-refractivity contribution >= 4 is 5.97 Å². The molecule has 0 unspecified atom stereocenters. The van der Waals surface area contributed by atoms with Crippen molar-refractivity contribution in [3.05, 3.63) is 59.2 Å². The van der Waals surface area contributed by atoms with Crippen LogP contribution in [0.1, 0.15) is 40.2 Å². The molecule has 5 heteroatoms. The third-order valence-corrected chi connectivity index (χ3v) is 5.07. The zero-order chi connectivity index (χ0) is 18.5. The predicted molar refractivity (Wildman–Crippen MR) is 100 cm³/mol. The highest BCUT2D eigenvalue weighted by Crippen LogP contribution is 2.35. The summed E-state index contributed by atoms with van der Waals surface area (Å²) in [6.07, 6.45) is 2.20. The van der Waals surface area contributed by atoms with Gasteiger partial charge in [-0.25, -0.2) is 4.79 Å². The zero-order valence-corrected chi connectivity index (χ0v) is 15.3. The minimum absolute atomic E-state index is 0.334. The van der Waals surface area contributed by atoms with Gasteiger partial charge in [-0.1, -0.05) is 18.2 Å². The number of hydrogen-bond donors (Lipinski definition) is 1. The van der Waals surface area contributed by atoms with Crippen LogP contribution >= 0.6 is 0 Å². The summed E-state index contributed by atoms with van der Waals surface area (Å²) in [5.41, 5.74) is 2.79. The van der Waals surface area contributed by atoms with Gasteiger partial charge in [0.15, 0.2) is 11.5 Å². The molecule has 1 heterocycles. The van der Waals surface area contributed by atoms with Gasteiger partial charge in [0.05, 0.1) is 19.8 Å². The third kappa shape index (κ3) is 4.17. The van der Waals surface area contributed by atoms with Crippen molar-refractivity contribution in [3.63, 3.8) is 0 Å². The lowest BCUT2D eigenvalue weighted by Gasteiger charge is -2.32. The number of benzene rings is 2. The molecule has 0 atom stereocenters. The van der Waals surface area contributed by atoms with Crippen LogP contribution in [0, 0.1) is 0 Å². The summed E-state index contributed by atoms with van der Waals surface area (Å²) < 4.78 is 10.7. The maximum atomic E-state index is 10.9. The van der Waals surface area contributed by atoms with Crippen LogP contribution < -0.4 is 9.47 Å². The van der Waals surface area contributed by atoms with Gasteiger partial charge in [0, 0.05) is 6.54 Å². The first-order valence-corrected chi connectivity index (χ1v) is 8.87. The average molecular weight is 355 g/mol. The molecule has 2 aromatic carbocycles. The molecule has 2 aromatic rings. The van der Waals surface area contributed by atoms with E-state index in [0.29, 0.717) is 11.5 Å². The standard InChI is InChI=1S/C21H25NO4/c1-25-19-8-7-18(13-20(19)26-2)16-9-11-22(12-10-16)14-15-3-5-17(6-4-15)21(23)24/h3-8,13,16H,9-12,14H2,1-2H3,(H,23,24). The number of carboxylic acids is 1. The lowest BCUT2D eigenvalue weighted by atomic mass is 9.89. The molecule has 3 rings (SSSR count). The maximum Gasteiger partial charge on any atom is 0.335 e. The highest BCUT2D eigenvalue weighted by Gasteiger charge is 2.21. The Hall–Kier alpha value is -2.53. The molecule has 0 amide bonds. The summed E-state index contributed by atoms with van der Waals surface area (Å²) in [7, 11) is 3.32. The van der Waals surface area contributed by atoms with E-state index in [4.69, 9.17) is 14.6 Å². The summed E-state index contributed by atoms with van der Waals surface area (Å²) in [5.74, 6) is 1.19. The molecular weight excluding hydrogens is 330 g/mol. The number of methoxy groups -OCH3 is 2. The van der Waals surface area contributed by atoms with Gasteiger partial charge in [-0.05, 0) is 67.2 Å². The van der Waals surface area contributed by atoms with Gasteiger partial charge in [0.2, 0.25) is 0 Å². The Labute approximate surface area is 154 Å². The molecule has 26 heavy (non-hydrogen) atoms. The fourth-order valence-corrected chi connectivity index (χ4v) is 3.54. The summed E-state index contributed by atoms with van der Waals surface area (Å²) in [4.78, 5) is 13.4. The van der Waals surface area contributed by atoms with Crippen LogP contribution in [0.3, 0.4) is 0 Å². The number of carboxylic acid groups (broad SMARTS) is 1. The minimum Gasteiger partial charge on any atom is -0.493 e. The normalized spacial score (nSPS) is 15.6. The molecule has 5 nitrogen and oxygen atoms in total. The average Bonchev–Trinajstić information content (AvgIpc) is 2.68. The van der Waals surface area contributed by atoms with E-state index < -0.39 is 5.97 Å². The minimum atomic E-state index is -0.882. The molecule has 1 aliphatic rings. The molecule has 0 spiro atoms. The number of piperidine rings is 1. The Morgan fingerprint density at radius 2 is 1.69 bits per heavy atom. The second kappa shape index (κ2) is 8.23. The van der Waals surface area contributed by atoms with E-state index >= 15 is 0 Å². The van der Waals surface area contributed by atoms with Gasteiger partial charge in [0.1, 0.15) is 0 Å². The molecule has 138 valence electrons. The first-order valence-electron chi connectivity index (χ1n) is 8.87. The van der Waals surface area contributed by atoms with Crippen molar-refractivity contribution in [2.45, 2.75) is 25.3 Å². The fourth-order valence-electron chi connectivity index (χ4n) is 3.54. The largest absolute Gasteiger partial charge is 0.493 e. The predicted octanol–water partition coefficient (Wildman–Crippen LogP) is 3.78. The molecule has 0 saturated carbocycles. The number of rotatable bonds is 6. The van der Waals surface area contributed by atoms with Crippen LogP contribution in [0.4, 0.5) is 0 Å². The number of carbonyl (C=O) groups is 1. The summed E-state index contributed by atoms with van der Waals surface area (Å²) in [6, 6.07) is 13.4. The Morgan fingerprint density at radius 3 is 2.27 bits per heavy atom. The highest BCUT2D eigenvalue weighted by atomic mass is 16.5. The van der Waals surface area contributed by atoms with E-state index in [1.165, 1.54) is 5.56 Å². The molecule has 0 aromatic heterocycles. The zero-order valence-electron chi connectivity index (χ0n) is 15.3. The number of nitrogens with zero attached hydrogens (tertiary/aromatic N) is 1. The first kappa shape index (κ1) is 18.3. The lowest BCUT2D eigenvalue weighted by molar-refractivity contribution is 0.0697. The van der Waals surface area contributed by atoms with Gasteiger partial charge in [-0.15, -0.1) is 0 Å². The smallest absolute Gasteiger partial charge is 0.335 e. The number of likely N-dealkylation sites (tertiary alicyclic amines) is 1. The van der Waals surface area contributed by atoms with Crippen LogP contribution in [0.25, 0.3) is 0 Å². The van der Waals surface area contributed by atoms with Crippen LogP contribution in [0.15, 0.2) is 42.5 Å². The van der Waals surface area contributed by atoms with Crippen molar-refractivity contribution in [2.75, 3.05) is 27.3 Å². The Morgan fingerprint density at radius 1 is 1.04 bits per heavy atom. The van der Waals surface area contributed by atoms with E-state index in [9.17, 15) is 4.79 Å². The first-order chi connectivity index (χ1) is 12.6. The Bertz CT molecular complexity index is 749. The number of ether oxygens (including phenoxy) is 2. The molecule has 0 radical (unpaired) electrons. The van der Waals surface area contributed by atoms with Crippen molar-refractivity contribution in [3.8, 4) is 11.5 Å². The second-order valence-electron chi connectivity index (χ2n) is 6.67. The van der Waals surface area contributed by atoms with E-state index in [1.807, 2.05) is 18.2 Å². The van der Waals surface area contributed by atoms with Crippen molar-refractivity contribution in [1.82, 2.24) is 4.90 Å². The summed E-state index contributed by atoms with van der Waals surface area (Å²) in [5, 5.41) is 8.98. The molecule has 1 saturated heterocycles. The van der Waals surface area contributed by atoms with Crippen molar-refractivity contribution in [2.24, 2.45) is 0 Å². The van der Waals surface area contributed by atoms with Crippen LogP contribution in [-0.4, -0.2) is 43.3 Å². The SMILES string of the molecule is COc1ccc(C2CCN(Cc3ccc(C(=O)O)cc3)CC2)cc1OC. The van der Waals surface area contributed by atoms with Crippen molar-refractivity contribution in [1.29, 1.82) is 0 Å². The molecular formula is C21H25NO4. The maximum absolute atomic E-state index is 10.9. The molecule has 1 N–H and O–H groups in total. The summed E-state index contributed by atoms with van der Waals surface area (Å²) in [6.45, 7) is 2.91. The topological polar surface area (TPSA) is 59.0 Å². The van der Waals surface area contributed by atoms with E-state index in [2.05, 4.69) is 17.0 Å². The van der Waals surface area contributed by atoms with Crippen LogP contribution in [0.2, 0.25) is 0 Å². The molecule has 1 aliphatic heterocycles. The van der Waals surface area contributed by atoms with Gasteiger partial charge in [-0.2, -0.15) is 0 Å². The van der Waals surface area contributed by atoms with Crippen molar-refractivity contribution < 1.29 is 19.4 Å². The van der Waals surface area contributed by atoms with E-state index in [0.717, 1.165) is 49.5 Å². The Kier molecular flexibility index (Phi) is 5.78. The van der Waals surface area contributed by atoms with Gasteiger partial charge in [0.25, 0.3) is 0 Å². The van der Waals surface area contributed by atoms with Gasteiger partial charge >= 0.3 is 5.97 Å². The van der Waals surface area contributed by atoms with Gasteiger partial charge in [-0.3, -0.25) is 4.90 Å². The fraction of sp³-hybridized carbons (Fsp3) is 0.381. The van der Waals surface area contributed by atoms with Gasteiger partial charge < -0.3 is 14.6 Å². The second-order valence-corrected chi connectivity index (χ2v) is 6.67. The summed E-state index contributed by atoms with van der Waals surface area (Å²) >= 11 is 0. The molecule has 1 fully saturated rings. The Balaban J connectivity index is 1.58. The number of hydrogen-bond acceptors (Lipinski definition) is 4. The quantitative estimate of drug-likeness (QED) is 0.854. The van der Waals surface area contributed by atoms with Crippen LogP contribution in [-0.2, 0) is 6.54 Å². The highest BCUT2D eigenvalue weighted by molar-refractivity contribution is 5.87. The van der Waals surface area contributed by atoms with E-state index in [1.54, 1.807) is 26.4 Å².